The van der Waals surface area contributed by atoms with Crippen LogP contribution in [0.15, 0.2) is 41.9 Å². The van der Waals surface area contributed by atoms with E-state index in [4.69, 9.17) is 16.3 Å². The molecule has 3 aliphatic heterocycles. The summed E-state index contributed by atoms with van der Waals surface area (Å²) in [6.45, 7) is 5.52. The van der Waals surface area contributed by atoms with E-state index in [1.54, 1.807) is 0 Å². The second-order valence-corrected chi connectivity index (χ2v) is 7.96. The lowest BCUT2D eigenvalue weighted by atomic mass is 10.1. The highest BCUT2D eigenvalue weighted by Crippen LogP contribution is 2.39. The van der Waals surface area contributed by atoms with Crippen molar-refractivity contribution in [2.45, 2.75) is 19.0 Å². The van der Waals surface area contributed by atoms with Crippen LogP contribution < -0.4 is 10.6 Å². The highest BCUT2D eigenvalue weighted by atomic mass is 35.5. The predicted molar refractivity (Wildman–Crippen MR) is 103 cm³/mol. The van der Waals surface area contributed by atoms with Crippen molar-refractivity contribution in [3.05, 3.63) is 52.4 Å². The van der Waals surface area contributed by atoms with E-state index < -0.39 is 0 Å². The van der Waals surface area contributed by atoms with Crippen LogP contribution in [0.25, 0.3) is 5.70 Å². The van der Waals surface area contributed by atoms with Gasteiger partial charge in [0.2, 0.25) is 0 Å². The minimum atomic E-state index is 0.277. The smallest absolute Gasteiger partial charge is 0.121 e. The summed E-state index contributed by atoms with van der Waals surface area (Å²) >= 11 is 6.10. The molecule has 1 saturated carbocycles. The van der Waals surface area contributed by atoms with Crippen molar-refractivity contribution in [1.29, 1.82) is 0 Å². The number of morpholine rings is 1. The van der Waals surface area contributed by atoms with Crippen molar-refractivity contribution in [1.82, 2.24) is 20.4 Å². The van der Waals surface area contributed by atoms with E-state index in [0.29, 0.717) is 0 Å². The van der Waals surface area contributed by atoms with Crippen molar-refractivity contribution in [2.24, 2.45) is 5.92 Å². The van der Waals surface area contributed by atoms with Gasteiger partial charge in [0.05, 0.1) is 31.2 Å². The zero-order valence-electron chi connectivity index (χ0n) is 14.9. The van der Waals surface area contributed by atoms with Gasteiger partial charge in [-0.2, -0.15) is 0 Å². The number of nitrogens with one attached hydrogen (secondary N) is 2. The van der Waals surface area contributed by atoms with E-state index in [9.17, 15) is 0 Å². The number of halogens is 1. The summed E-state index contributed by atoms with van der Waals surface area (Å²) in [6, 6.07) is 8.17. The Morgan fingerprint density at radius 3 is 2.62 bits per heavy atom. The third-order valence-corrected chi connectivity index (χ3v) is 5.90. The molecule has 138 valence electrons. The molecule has 1 aromatic carbocycles. The average molecular weight is 373 g/mol. The van der Waals surface area contributed by atoms with Gasteiger partial charge in [-0.15, -0.1) is 0 Å². The first-order valence-corrected chi connectivity index (χ1v) is 9.95. The van der Waals surface area contributed by atoms with Gasteiger partial charge in [0.25, 0.3) is 0 Å². The van der Waals surface area contributed by atoms with Gasteiger partial charge < -0.3 is 20.3 Å². The van der Waals surface area contributed by atoms with Gasteiger partial charge in [-0.25, -0.2) is 0 Å². The van der Waals surface area contributed by atoms with Crippen LogP contribution in [0.1, 0.15) is 18.4 Å². The fourth-order valence-corrected chi connectivity index (χ4v) is 4.13. The molecular formula is C20H25ClN4O. The molecule has 0 amide bonds. The maximum absolute atomic E-state index is 6.10. The molecule has 2 N–H and O–H groups in total. The molecule has 4 aliphatic rings. The summed E-state index contributed by atoms with van der Waals surface area (Å²) in [4.78, 5) is 4.95. The Bertz CT molecular complexity index is 735. The van der Waals surface area contributed by atoms with E-state index in [1.807, 2.05) is 12.1 Å². The first-order valence-electron chi connectivity index (χ1n) is 9.57. The number of allylic oxidation sites excluding steroid dienone is 1. The van der Waals surface area contributed by atoms with Gasteiger partial charge in [0.15, 0.2) is 0 Å². The van der Waals surface area contributed by atoms with Gasteiger partial charge >= 0.3 is 0 Å². The topological polar surface area (TPSA) is 39.8 Å². The predicted octanol–water partition coefficient (Wildman–Crippen LogP) is 2.43. The van der Waals surface area contributed by atoms with Crippen LogP contribution in [0.2, 0.25) is 5.02 Å². The lowest BCUT2D eigenvalue weighted by Crippen LogP contribution is -2.48. The molecule has 0 aromatic heterocycles. The summed E-state index contributed by atoms with van der Waals surface area (Å²) in [5, 5.41) is 8.15. The third kappa shape index (κ3) is 3.20. The Morgan fingerprint density at radius 1 is 1.12 bits per heavy atom. The fraction of sp³-hybridized carbons (Fsp3) is 0.500. The summed E-state index contributed by atoms with van der Waals surface area (Å²) in [6.07, 6.45) is 5.26. The van der Waals surface area contributed by atoms with Crippen LogP contribution in [0.5, 0.6) is 0 Å². The molecule has 0 spiro atoms. The second-order valence-electron chi connectivity index (χ2n) is 7.52. The van der Waals surface area contributed by atoms with Crippen molar-refractivity contribution in [3.63, 3.8) is 0 Å². The number of hydrogen-bond donors (Lipinski definition) is 2. The molecule has 1 aliphatic carbocycles. The Labute approximate surface area is 159 Å². The van der Waals surface area contributed by atoms with Gasteiger partial charge in [-0.3, -0.25) is 4.90 Å². The van der Waals surface area contributed by atoms with E-state index >= 15 is 0 Å². The maximum Gasteiger partial charge on any atom is 0.121 e. The van der Waals surface area contributed by atoms with E-state index in [2.05, 4.69) is 38.8 Å². The monoisotopic (exact) mass is 372 g/mol. The Kier molecular flexibility index (Phi) is 4.31. The van der Waals surface area contributed by atoms with Crippen LogP contribution in [-0.2, 0) is 4.74 Å². The quantitative estimate of drug-likeness (QED) is 0.849. The molecule has 5 rings (SSSR count). The normalized spacial score (nSPS) is 26.3. The third-order valence-electron chi connectivity index (χ3n) is 5.65. The van der Waals surface area contributed by atoms with Crippen molar-refractivity contribution >= 4 is 17.3 Å². The molecule has 3 heterocycles. The molecule has 1 aromatic rings. The maximum atomic E-state index is 6.10. The number of rotatable bonds is 4. The van der Waals surface area contributed by atoms with E-state index in [-0.39, 0.29) is 6.17 Å². The minimum absolute atomic E-state index is 0.277. The molecular weight excluding hydrogens is 348 g/mol. The largest absolute Gasteiger partial charge is 0.383 e. The molecule has 0 radical (unpaired) electrons. The summed E-state index contributed by atoms with van der Waals surface area (Å²) in [5.74, 6) is 0.736. The lowest BCUT2D eigenvalue weighted by molar-refractivity contribution is 0.0397. The molecule has 0 bridgehead atoms. The number of nitrogens with zero attached hydrogens (tertiary/aromatic N) is 2. The fourth-order valence-electron chi connectivity index (χ4n) is 4.01. The van der Waals surface area contributed by atoms with Crippen LogP contribution in [0.4, 0.5) is 0 Å². The summed E-state index contributed by atoms with van der Waals surface area (Å²) in [7, 11) is 0. The van der Waals surface area contributed by atoms with Crippen molar-refractivity contribution in [2.75, 3.05) is 39.4 Å². The van der Waals surface area contributed by atoms with Gasteiger partial charge in [-0.05, 0) is 30.5 Å². The molecule has 5 nitrogen and oxygen atoms in total. The number of hydrogen-bond acceptors (Lipinski definition) is 5. The Hall–Kier alpha value is -1.69. The molecule has 6 heteroatoms. The van der Waals surface area contributed by atoms with Gasteiger partial charge in [0.1, 0.15) is 6.17 Å². The standard InChI is InChI=1S/C20H25ClN4O/c21-16-5-3-15(4-6-16)20-18(13-24-7-9-26-10-8-24)25-12-17(14-1-2-14)22-11-19(25)23-20/h3-6,12,14,19,22-23H,1-2,7-11,13H2. The summed E-state index contributed by atoms with van der Waals surface area (Å²) < 4.78 is 5.53. The van der Waals surface area contributed by atoms with Crippen molar-refractivity contribution in [3.8, 4) is 0 Å². The number of benzene rings is 1. The van der Waals surface area contributed by atoms with E-state index in [0.717, 1.165) is 50.3 Å². The SMILES string of the molecule is Clc1ccc(C2=C(CN3CCOCC3)N3C=C(C4CC4)NCC3N2)cc1. The lowest BCUT2D eigenvalue weighted by Gasteiger charge is -2.35. The van der Waals surface area contributed by atoms with Crippen LogP contribution in [0, 0.1) is 5.92 Å². The number of ether oxygens (including phenoxy) is 1. The van der Waals surface area contributed by atoms with Crippen LogP contribution >= 0.6 is 11.6 Å². The average Bonchev–Trinajstić information content (AvgIpc) is 3.47. The highest BCUT2D eigenvalue weighted by molar-refractivity contribution is 6.30. The first-order chi connectivity index (χ1) is 12.8. The van der Waals surface area contributed by atoms with Gasteiger partial charge in [-0.1, -0.05) is 23.7 Å². The van der Waals surface area contributed by atoms with E-state index in [1.165, 1.54) is 35.5 Å². The molecule has 26 heavy (non-hydrogen) atoms. The van der Waals surface area contributed by atoms with Gasteiger partial charge in [0, 0.05) is 42.5 Å². The second kappa shape index (κ2) is 6.80. The highest BCUT2D eigenvalue weighted by Gasteiger charge is 2.37. The Balaban J connectivity index is 1.49. The molecule has 1 unspecified atom stereocenters. The number of fused-ring (bicyclic) bond motifs is 1. The Morgan fingerprint density at radius 2 is 1.88 bits per heavy atom. The molecule has 1 atom stereocenters. The minimum Gasteiger partial charge on any atom is -0.383 e. The first kappa shape index (κ1) is 16.5. The molecule has 2 fully saturated rings. The molecule has 1 saturated heterocycles. The zero-order chi connectivity index (χ0) is 17.5. The summed E-state index contributed by atoms with van der Waals surface area (Å²) in [5.41, 5.74) is 5.19. The zero-order valence-corrected chi connectivity index (χ0v) is 15.6. The van der Waals surface area contributed by atoms with Crippen LogP contribution in [-0.4, -0.2) is 55.4 Å². The van der Waals surface area contributed by atoms with Crippen molar-refractivity contribution < 1.29 is 4.74 Å². The van der Waals surface area contributed by atoms with Crippen LogP contribution in [0.3, 0.4) is 0 Å².